The Hall–Kier alpha value is -1.13. The molecule has 0 fully saturated rings. The van der Waals surface area contributed by atoms with Gasteiger partial charge in [-0.3, -0.25) is 4.68 Å². The van der Waals surface area contributed by atoms with E-state index in [1.165, 1.54) is 22.0 Å². The van der Waals surface area contributed by atoms with Crippen LogP contribution in [0.25, 0.3) is 0 Å². The smallest absolute Gasteiger partial charge is 0.0521 e. The van der Waals surface area contributed by atoms with E-state index < -0.39 is 0 Å². The van der Waals surface area contributed by atoms with Crippen molar-refractivity contribution in [1.29, 1.82) is 0 Å². The Morgan fingerprint density at radius 1 is 1.29 bits per heavy atom. The van der Waals surface area contributed by atoms with Gasteiger partial charge in [0.1, 0.15) is 0 Å². The molecule has 1 heterocycles. The monoisotopic (exact) mass is 349 g/mol. The molecule has 3 nitrogen and oxygen atoms in total. The highest BCUT2D eigenvalue weighted by Gasteiger charge is 2.13. The Labute approximate surface area is 135 Å². The summed E-state index contributed by atoms with van der Waals surface area (Å²) in [6.45, 7) is 4.33. The normalized spacial score (nSPS) is 12.5. The number of nitrogens with zero attached hydrogens (tertiary/aromatic N) is 2. The van der Waals surface area contributed by atoms with Crippen molar-refractivity contribution < 1.29 is 0 Å². The number of aryl methyl sites for hydroxylation is 1. The van der Waals surface area contributed by atoms with Gasteiger partial charge in [0.15, 0.2) is 0 Å². The number of hydrogen-bond acceptors (Lipinski definition) is 2. The molecular formula is C17H24BrN3. The molecule has 0 aliphatic rings. The van der Waals surface area contributed by atoms with Gasteiger partial charge in [0.2, 0.25) is 0 Å². The minimum atomic E-state index is 0.583. The van der Waals surface area contributed by atoms with Crippen molar-refractivity contribution >= 4 is 15.9 Å². The lowest BCUT2D eigenvalue weighted by molar-refractivity contribution is 0.470. The third-order valence-electron chi connectivity index (χ3n) is 3.61. The predicted octanol–water partition coefficient (Wildman–Crippen LogP) is 3.58. The van der Waals surface area contributed by atoms with Crippen LogP contribution in [-0.2, 0) is 19.9 Å². The van der Waals surface area contributed by atoms with Gasteiger partial charge in [-0.05, 0) is 55.5 Å². The van der Waals surface area contributed by atoms with E-state index >= 15 is 0 Å². The molecule has 114 valence electrons. The molecule has 2 aromatic rings. The minimum absolute atomic E-state index is 0.583. The van der Waals surface area contributed by atoms with Crippen molar-refractivity contribution in [3.63, 3.8) is 0 Å². The maximum atomic E-state index is 4.28. The number of hydrogen-bond donors (Lipinski definition) is 1. The van der Waals surface area contributed by atoms with Crippen LogP contribution in [0.4, 0.5) is 0 Å². The van der Waals surface area contributed by atoms with E-state index in [4.69, 9.17) is 0 Å². The quantitative estimate of drug-likeness (QED) is 0.738. The topological polar surface area (TPSA) is 29.9 Å². The lowest BCUT2D eigenvalue weighted by Gasteiger charge is -2.18. The third kappa shape index (κ3) is 5.29. The second kappa shape index (κ2) is 8.35. The fraction of sp³-hybridized carbons (Fsp3) is 0.471. The maximum Gasteiger partial charge on any atom is 0.0521 e. The van der Waals surface area contributed by atoms with Crippen LogP contribution in [0.3, 0.4) is 0 Å². The van der Waals surface area contributed by atoms with Crippen molar-refractivity contribution in [3.8, 4) is 0 Å². The average Bonchev–Trinajstić information content (AvgIpc) is 2.87. The molecule has 0 aliphatic carbocycles. The molecule has 21 heavy (non-hydrogen) atoms. The second-order valence-electron chi connectivity index (χ2n) is 5.59. The molecule has 2 rings (SSSR count). The summed E-state index contributed by atoms with van der Waals surface area (Å²) in [5.74, 6) is 0.583. The lowest BCUT2D eigenvalue weighted by atomic mass is 9.93. The Kier molecular flexibility index (Phi) is 6.46. The van der Waals surface area contributed by atoms with E-state index in [0.717, 1.165) is 25.9 Å². The summed E-state index contributed by atoms with van der Waals surface area (Å²) in [6, 6.07) is 8.51. The second-order valence-corrected chi connectivity index (χ2v) is 6.45. The Bertz CT molecular complexity index is 550. The van der Waals surface area contributed by atoms with Crippen LogP contribution in [0.2, 0.25) is 0 Å². The fourth-order valence-corrected chi connectivity index (χ4v) is 3.03. The van der Waals surface area contributed by atoms with E-state index in [-0.39, 0.29) is 0 Å². The van der Waals surface area contributed by atoms with Gasteiger partial charge in [-0.1, -0.05) is 41.1 Å². The first-order valence-electron chi connectivity index (χ1n) is 7.60. The first-order chi connectivity index (χ1) is 10.2. The summed E-state index contributed by atoms with van der Waals surface area (Å²) in [5.41, 5.74) is 2.69. The summed E-state index contributed by atoms with van der Waals surface area (Å²) in [5, 5.41) is 7.84. The largest absolute Gasteiger partial charge is 0.316 e. The number of rotatable bonds is 8. The van der Waals surface area contributed by atoms with Gasteiger partial charge in [-0.15, -0.1) is 0 Å². The van der Waals surface area contributed by atoms with Crippen molar-refractivity contribution in [2.75, 3.05) is 13.1 Å². The molecule has 1 aromatic heterocycles. The molecule has 0 amide bonds. The van der Waals surface area contributed by atoms with Gasteiger partial charge in [0.25, 0.3) is 0 Å². The van der Waals surface area contributed by atoms with Crippen molar-refractivity contribution in [2.45, 2.75) is 26.2 Å². The van der Waals surface area contributed by atoms with Crippen LogP contribution in [-0.4, -0.2) is 22.9 Å². The van der Waals surface area contributed by atoms with Crippen molar-refractivity contribution in [2.24, 2.45) is 13.0 Å². The standard InChI is InChI=1S/C17H24BrN3/c1-3-8-19-11-14(9-15-12-20-21(2)13-15)10-16-6-4-5-7-17(16)18/h4-7,12-14,19H,3,8-11H2,1-2H3. The molecule has 0 saturated heterocycles. The fourth-order valence-electron chi connectivity index (χ4n) is 2.59. The van der Waals surface area contributed by atoms with Gasteiger partial charge in [-0.2, -0.15) is 5.10 Å². The molecule has 1 aromatic carbocycles. The van der Waals surface area contributed by atoms with E-state index in [1.807, 2.05) is 17.9 Å². The summed E-state index contributed by atoms with van der Waals surface area (Å²) in [6.07, 6.45) is 7.41. The maximum absolute atomic E-state index is 4.28. The van der Waals surface area contributed by atoms with Gasteiger partial charge in [0.05, 0.1) is 6.20 Å². The molecule has 4 heteroatoms. The number of halogens is 1. The average molecular weight is 350 g/mol. The van der Waals surface area contributed by atoms with E-state index in [2.05, 4.69) is 63.7 Å². The van der Waals surface area contributed by atoms with Crippen LogP contribution < -0.4 is 5.32 Å². The van der Waals surface area contributed by atoms with Gasteiger partial charge < -0.3 is 5.32 Å². The Balaban J connectivity index is 2.02. The molecule has 0 radical (unpaired) electrons. The first kappa shape index (κ1) is 16.2. The number of aromatic nitrogens is 2. The zero-order chi connectivity index (χ0) is 15.1. The van der Waals surface area contributed by atoms with E-state index in [9.17, 15) is 0 Å². The molecule has 0 spiro atoms. The first-order valence-corrected chi connectivity index (χ1v) is 8.40. The van der Waals surface area contributed by atoms with Crippen molar-refractivity contribution in [3.05, 3.63) is 52.3 Å². The highest BCUT2D eigenvalue weighted by Crippen LogP contribution is 2.21. The molecule has 0 aliphatic heterocycles. The number of benzene rings is 1. The summed E-state index contributed by atoms with van der Waals surface area (Å²) in [4.78, 5) is 0. The molecule has 0 bridgehead atoms. The highest BCUT2D eigenvalue weighted by atomic mass is 79.9. The molecular weight excluding hydrogens is 326 g/mol. The lowest BCUT2D eigenvalue weighted by Crippen LogP contribution is -2.26. The molecule has 0 saturated carbocycles. The zero-order valence-electron chi connectivity index (χ0n) is 12.8. The van der Waals surface area contributed by atoms with Crippen LogP contribution in [0.1, 0.15) is 24.5 Å². The van der Waals surface area contributed by atoms with Crippen LogP contribution in [0, 0.1) is 5.92 Å². The minimum Gasteiger partial charge on any atom is -0.316 e. The zero-order valence-corrected chi connectivity index (χ0v) is 14.4. The number of nitrogens with one attached hydrogen (secondary N) is 1. The summed E-state index contributed by atoms with van der Waals surface area (Å²) in [7, 11) is 1.97. The van der Waals surface area contributed by atoms with Crippen molar-refractivity contribution in [1.82, 2.24) is 15.1 Å². The van der Waals surface area contributed by atoms with Gasteiger partial charge in [0, 0.05) is 17.7 Å². The molecule has 1 atom stereocenters. The van der Waals surface area contributed by atoms with Gasteiger partial charge in [-0.25, -0.2) is 0 Å². The van der Waals surface area contributed by atoms with Crippen LogP contribution in [0.5, 0.6) is 0 Å². The van der Waals surface area contributed by atoms with Crippen LogP contribution in [0.15, 0.2) is 41.1 Å². The summed E-state index contributed by atoms with van der Waals surface area (Å²) < 4.78 is 3.08. The Morgan fingerprint density at radius 2 is 2.10 bits per heavy atom. The SMILES string of the molecule is CCCNCC(Cc1cnn(C)c1)Cc1ccccc1Br. The van der Waals surface area contributed by atoms with Gasteiger partial charge >= 0.3 is 0 Å². The van der Waals surface area contributed by atoms with E-state index in [1.54, 1.807) is 0 Å². The Morgan fingerprint density at radius 3 is 2.76 bits per heavy atom. The third-order valence-corrected chi connectivity index (χ3v) is 4.38. The van der Waals surface area contributed by atoms with E-state index in [0.29, 0.717) is 5.92 Å². The highest BCUT2D eigenvalue weighted by molar-refractivity contribution is 9.10. The predicted molar refractivity (Wildman–Crippen MR) is 91.4 cm³/mol. The summed E-state index contributed by atoms with van der Waals surface area (Å²) >= 11 is 3.66. The molecule has 1 N–H and O–H groups in total. The van der Waals surface area contributed by atoms with Crippen LogP contribution >= 0.6 is 15.9 Å². The molecule has 1 unspecified atom stereocenters.